The molecule has 0 spiro atoms. The largest absolute Gasteiger partial charge is 0.395 e. The van der Waals surface area contributed by atoms with Gasteiger partial charge >= 0.3 is 0 Å². The first-order valence-electron chi connectivity index (χ1n) is 7.12. The molecule has 2 aromatic carbocycles. The Bertz CT molecular complexity index is 728. The molecule has 0 radical (unpaired) electrons. The van der Waals surface area contributed by atoms with E-state index < -0.39 is 0 Å². The van der Waals surface area contributed by atoms with Gasteiger partial charge in [0, 0.05) is 6.42 Å². The zero-order valence-electron chi connectivity index (χ0n) is 12.0. The second kappa shape index (κ2) is 6.77. The topological polar surface area (TPSA) is 50.9 Å². The summed E-state index contributed by atoms with van der Waals surface area (Å²) in [5.41, 5.74) is 2.15. The Kier molecular flexibility index (Phi) is 4.56. The molecule has 0 aliphatic carbocycles. The van der Waals surface area contributed by atoms with Crippen LogP contribution in [0.3, 0.4) is 0 Å². The summed E-state index contributed by atoms with van der Waals surface area (Å²) in [7, 11) is 0. The van der Waals surface area contributed by atoms with Gasteiger partial charge in [-0.25, -0.2) is 0 Å². The summed E-state index contributed by atoms with van der Waals surface area (Å²) in [4.78, 5) is 0. The minimum Gasteiger partial charge on any atom is -0.395 e. The highest BCUT2D eigenvalue weighted by Gasteiger charge is 2.21. The first-order valence-corrected chi connectivity index (χ1v) is 7.52. The number of nitrogens with zero attached hydrogens (tertiary/aromatic N) is 3. The zero-order valence-corrected chi connectivity index (χ0v) is 12.9. The lowest BCUT2D eigenvalue weighted by Crippen LogP contribution is -2.11. The van der Waals surface area contributed by atoms with Crippen LogP contribution < -0.4 is 0 Å². The van der Waals surface area contributed by atoms with Crippen LogP contribution in [-0.4, -0.2) is 25.9 Å². The van der Waals surface area contributed by atoms with Crippen molar-refractivity contribution in [2.24, 2.45) is 0 Å². The van der Waals surface area contributed by atoms with Gasteiger partial charge in [-0.3, -0.25) is 3.97 Å². The molecule has 3 aromatic rings. The summed E-state index contributed by atoms with van der Waals surface area (Å²) in [6.45, 7) is -0.0337. The lowest BCUT2D eigenvalue weighted by atomic mass is 9.99. The van der Waals surface area contributed by atoms with Crippen molar-refractivity contribution in [2.75, 3.05) is 6.61 Å². The van der Waals surface area contributed by atoms with E-state index in [0.717, 1.165) is 17.0 Å². The SMILES string of the molecule is OCC(c1ccccc1)c1nnc(Cc2ccccc2)n1S. The van der Waals surface area contributed by atoms with Crippen molar-refractivity contribution in [3.05, 3.63) is 83.4 Å². The Morgan fingerprint density at radius 1 is 0.955 bits per heavy atom. The monoisotopic (exact) mass is 311 g/mol. The maximum atomic E-state index is 9.74. The number of hydrogen-bond donors (Lipinski definition) is 2. The van der Waals surface area contributed by atoms with E-state index in [0.29, 0.717) is 12.2 Å². The van der Waals surface area contributed by atoms with Crippen molar-refractivity contribution in [3.63, 3.8) is 0 Å². The third kappa shape index (κ3) is 3.05. The number of aromatic nitrogens is 3. The summed E-state index contributed by atoms with van der Waals surface area (Å²) in [6, 6.07) is 19.9. The lowest BCUT2D eigenvalue weighted by Gasteiger charge is -2.13. The van der Waals surface area contributed by atoms with Crippen LogP contribution in [0.15, 0.2) is 60.7 Å². The van der Waals surface area contributed by atoms with E-state index in [1.807, 2.05) is 60.7 Å². The quantitative estimate of drug-likeness (QED) is 0.712. The van der Waals surface area contributed by atoms with Gasteiger partial charge in [0.25, 0.3) is 0 Å². The Hall–Kier alpha value is -2.11. The van der Waals surface area contributed by atoms with Crippen molar-refractivity contribution in [3.8, 4) is 0 Å². The molecule has 3 rings (SSSR count). The Morgan fingerprint density at radius 3 is 2.23 bits per heavy atom. The Morgan fingerprint density at radius 2 is 1.59 bits per heavy atom. The van der Waals surface area contributed by atoms with Gasteiger partial charge in [0.2, 0.25) is 0 Å². The van der Waals surface area contributed by atoms with Crippen LogP contribution in [0.2, 0.25) is 0 Å². The van der Waals surface area contributed by atoms with E-state index in [1.54, 1.807) is 3.97 Å². The highest BCUT2D eigenvalue weighted by molar-refractivity contribution is 7.78. The minimum atomic E-state index is -0.226. The van der Waals surface area contributed by atoms with Crippen LogP contribution in [0.4, 0.5) is 0 Å². The molecule has 1 atom stereocenters. The molecule has 0 fully saturated rings. The molecule has 1 unspecified atom stereocenters. The van der Waals surface area contributed by atoms with Crippen LogP contribution in [0, 0.1) is 0 Å². The number of aliphatic hydroxyl groups is 1. The summed E-state index contributed by atoms with van der Waals surface area (Å²) >= 11 is 4.52. The Labute approximate surface area is 135 Å². The molecule has 1 heterocycles. The maximum absolute atomic E-state index is 9.74. The van der Waals surface area contributed by atoms with Gasteiger partial charge in [0.1, 0.15) is 5.82 Å². The number of thiol groups is 1. The molecule has 1 N–H and O–H groups in total. The second-order valence-electron chi connectivity index (χ2n) is 5.09. The summed E-state index contributed by atoms with van der Waals surface area (Å²) in [5, 5.41) is 18.2. The molecule has 0 saturated heterocycles. The number of benzene rings is 2. The van der Waals surface area contributed by atoms with Gasteiger partial charge < -0.3 is 5.11 Å². The second-order valence-corrected chi connectivity index (χ2v) is 5.49. The van der Waals surface area contributed by atoms with Gasteiger partial charge in [0.15, 0.2) is 5.82 Å². The maximum Gasteiger partial charge on any atom is 0.152 e. The molecule has 4 nitrogen and oxygen atoms in total. The van der Waals surface area contributed by atoms with E-state index in [2.05, 4.69) is 23.0 Å². The summed E-state index contributed by atoms with van der Waals surface area (Å²) in [6.07, 6.45) is 0.657. The molecule has 112 valence electrons. The minimum absolute atomic E-state index is 0.0337. The van der Waals surface area contributed by atoms with Gasteiger partial charge in [-0.1, -0.05) is 73.5 Å². The van der Waals surface area contributed by atoms with Crippen LogP contribution in [-0.2, 0) is 6.42 Å². The van der Waals surface area contributed by atoms with Crippen molar-refractivity contribution < 1.29 is 5.11 Å². The van der Waals surface area contributed by atoms with Crippen molar-refractivity contribution in [1.82, 2.24) is 14.2 Å². The third-order valence-corrected chi connectivity index (χ3v) is 4.07. The molecular weight excluding hydrogens is 294 g/mol. The first kappa shape index (κ1) is 14.8. The molecule has 1 aromatic heterocycles. The number of rotatable bonds is 5. The molecule has 5 heteroatoms. The van der Waals surface area contributed by atoms with Gasteiger partial charge in [-0.2, -0.15) is 0 Å². The first-order chi connectivity index (χ1) is 10.8. The van der Waals surface area contributed by atoms with E-state index in [9.17, 15) is 5.11 Å². The fraction of sp³-hybridized carbons (Fsp3) is 0.176. The molecular formula is C17H17N3OS. The van der Waals surface area contributed by atoms with Crippen molar-refractivity contribution in [2.45, 2.75) is 12.3 Å². The highest BCUT2D eigenvalue weighted by atomic mass is 32.1. The van der Waals surface area contributed by atoms with Crippen molar-refractivity contribution in [1.29, 1.82) is 0 Å². The standard InChI is InChI=1S/C17H17N3OS/c21-12-15(14-9-5-2-6-10-14)17-19-18-16(20(17)22)11-13-7-3-1-4-8-13/h1-10,15,21-22H,11-12H2. The zero-order chi connectivity index (χ0) is 15.4. The predicted octanol–water partition coefficient (Wildman–Crippen LogP) is 2.69. The van der Waals surface area contributed by atoms with Crippen molar-refractivity contribution >= 4 is 12.8 Å². The van der Waals surface area contributed by atoms with E-state index in [-0.39, 0.29) is 12.5 Å². The number of hydrogen-bond acceptors (Lipinski definition) is 4. The average Bonchev–Trinajstić information content (AvgIpc) is 2.92. The normalized spacial score (nSPS) is 12.3. The lowest BCUT2D eigenvalue weighted by molar-refractivity contribution is 0.276. The van der Waals surface area contributed by atoms with Crippen LogP contribution >= 0.6 is 12.8 Å². The van der Waals surface area contributed by atoms with Gasteiger partial charge in [-0.05, 0) is 11.1 Å². The Balaban J connectivity index is 1.89. The summed E-state index contributed by atoms with van der Waals surface area (Å²) in [5.74, 6) is 1.19. The fourth-order valence-electron chi connectivity index (χ4n) is 2.45. The summed E-state index contributed by atoms with van der Waals surface area (Å²) < 4.78 is 1.68. The predicted molar refractivity (Wildman–Crippen MR) is 89.0 cm³/mol. The number of aliphatic hydroxyl groups excluding tert-OH is 1. The third-order valence-electron chi connectivity index (χ3n) is 3.63. The van der Waals surface area contributed by atoms with Crippen LogP contribution in [0.5, 0.6) is 0 Å². The molecule has 0 saturated carbocycles. The molecule has 0 aliphatic rings. The molecule has 22 heavy (non-hydrogen) atoms. The highest BCUT2D eigenvalue weighted by Crippen LogP contribution is 2.24. The van der Waals surface area contributed by atoms with E-state index >= 15 is 0 Å². The van der Waals surface area contributed by atoms with Gasteiger partial charge in [-0.15, -0.1) is 10.2 Å². The van der Waals surface area contributed by atoms with Crippen LogP contribution in [0.25, 0.3) is 0 Å². The van der Waals surface area contributed by atoms with Gasteiger partial charge in [0.05, 0.1) is 12.5 Å². The fourth-order valence-corrected chi connectivity index (χ4v) is 2.74. The molecule has 0 amide bonds. The van der Waals surface area contributed by atoms with E-state index in [4.69, 9.17) is 0 Å². The average molecular weight is 311 g/mol. The molecule has 0 aliphatic heterocycles. The van der Waals surface area contributed by atoms with E-state index in [1.165, 1.54) is 0 Å². The smallest absolute Gasteiger partial charge is 0.152 e. The molecule has 0 bridgehead atoms. The van der Waals surface area contributed by atoms with Crippen LogP contribution in [0.1, 0.15) is 28.7 Å².